The van der Waals surface area contributed by atoms with E-state index in [0.29, 0.717) is 36.9 Å². The average Bonchev–Trinajstić information content (AvgIpc) is 2.88. The minimum Gasteiger partial charge on any atom is -0.325 e. The molecule has 0 radical (unpaired) electrons. The number of sulfonamides is 1. The van der Waals surface area contributed by atoms with E-state index in [4.69, 9.17) is 5.26 Å². The van der Waals surface area contributed by atoms with Crippen LogP contribution in [0.3, 0.4) is 0 Å². The molecule has 0 bridgehead atoms. The van der Waals surface area contributed by atoms with Crippen molar-refractivity contribution in [2.45, 2.75) is 50.0 Å². The second kappa shape index (κ2) is 12.8. The molecule has 3 rings (SSSR count). The lowest BCUT2D eigenvalue weighted by Crippen LogP contribution is -2.43. The van der Waals surface area contributed by atoms with Gasteiger partial charge in [0, 0.05) is 12.1 Å². The SMILES string of the molecule is CC(=O)CCCCCC(NS(=O)(=O)c1ccc(C#N)cc1)C(=O)Nc1ccc(-c2ccccc2)cc1. The van der Waals surface area contributed by atoms with E-state index in [9.17, 15) is 18.0 Å². The summed E-state index contributed by atoms with van der Waals surface area (Å²) in [5.41, 5.74) is 2.94. The fourth-order valence-electron chi connectivity index (χ4n) is 3.71. The van der Waals surface area contributed by atoms with Gasteiger partial charge in [0.2, 0.25) is 15.9 Å². The summed E-state index contributed by atoms with van der Waals surface area (Å²) in [6.07, 6.45) is 2.71. The number of unbranched alkanes of at least 4 members (excludes halogenated alkanes) is 2. The van der Waals surface area contributed by atoms with Crippen molar-refractivity contribution in [1.82, 2.24) is 4.72 Å². The zero-order valence-electron chi connectivity index (χ0n) is 20.1. The van der Waals surface area contributed by atoms with E-state index in [0.717, 1.165) is 11.1 Å². The monoisotopic (exact) mass is 503 g/mol. The van der Waals surface area contributed by atoms with Crippen molar-refractivity contribution in [3.63, 3.8) is 0 Å². The maximum absolute atomic E-state index is 13.1. The van der Waals surface area contributed by atoms with Crippen LogP contribution >= 0.6 is 0 Å². The first-order chi connectivity index (χ1) is 17.3. The normalized spacial score (nSPS) is 11.9. The maximum atomic E-state index is 13.1. The van der Waals surface area contributed by atoms with Crippen LogP contribution in [-0.4, -0.2) is 26.2 Å². The Labute approximate surface area is 212 Å². The smallest absolute Gasteiger partial charge is 0.242 e. The number of benzene rings is 3. The van der Waals surface area contributed by atoms with E-state index in [2.05, 4.69) is 10.0 Å². The van der Waals surface area contributed by atoms with Crippen LogP contribution in [0.25, 0.3) is 11.1 Å². The molecule has 0 aliphatic heterocycles. The molecule has 0 aromatic heterocycles. The van der Waals surface area contributed by atoms with Crippen molar-refractivity contribution in [3.05, 3.63) is 84.4 Å². The number of carbonyl (C=O) groups excluding carboxylic acids is 2. The summed E-state index contributed by atoms with van der Waals surface area (Å²) >= 11 is 0. The number of anilines is 1. The molecule has 0 aliphatic carbocycles. The molecule has 8 heteroatoms. The topological polar surface area (TPSA) is 116 Å². The van der Waals surface area contributed by atoms with Crippen molar-refractivity contribution < 1.29 is 18.0 Å². The average molecular weight is 504 g/mol. The van der Waals surface area contributed by atoms with Crippen molar-refractivity contribution in [2.75, 3.05) is 5.32 Å². The van der Waals surface area contributed by atoms with Crippen LogP contribution in [0.15, 0.2) is 83.8 Å². The number of amides is 1. The fourth-order valence-corrected chi connectivity index (χ4v) is 4.94. The number of nitrogens with zero attached hydrogens (tertiary/aromatic N) is 1. The molecule has 0 saturated carbocycles. The highest BCUT2D eigenvalue weighted by atomic mass is 32.2. The van der Waals surface area contributed by atoms with Crippen LogP contribution < -0.4 is 10.0 Å². The molecule has 1 unspecified atom stereocenters. The van der Waals surface area contributed by atoms with E-state index in [-0.39, 0.29) is 17.1 Å². The fraction of sp³-hybridized carbons (Fsp3) is 0.250. The van der Waals surface area contributed by atoms with Gasteiger partial charge in [-0.25, -0.2) is 8.42 Å². The number of ketones is 1. The van der Waals surface area contributed by atoms with Crippen LogP contribution in [0, 0.1) is 11.3 Å². The van der Waals surface area contributed by atoms with Crippen molar-refractivity contribution in [3.8, 4) is 17.2 Å². The van der Waals surface area contributed by atoms with Gasteiger partial charge in [0.1, 0.15) is 11.8 Å². The van der Waals surface area contributed by atoms with Gasteiger partial charge in [0.15, 0.2) is 0 Å². The first-order valence-corrected chi connectivity index (χ1v) is 13.2. The van der Waals surface area contributed by atoms with Gasteiger partial charge in [-0.15, -0.1) is 0 Å². The standard InChI is InChI=1S/C28H29N3O4S/c1-21(32)8-4-2-7-11-27(31-36(34,35)26-18-12-22(20-29)13-19-26)28(33)30-25-16-14-24(15-17-25)23-9-5-3-6-10-23/h3,5-6,9-10,12-19,27,31H,2,4,7-8,11H2,1H3,(H,30,33). The molecular formula is C28H29N3O4S. The highest BCUT2D eigenvalue weighted by Crippen LogP contribution is 2.21. The third-order valence-corrected chi connectivity index (χ3v) is 7.18. The number of hydrogen-bond acceptors (Lipinski definition) is 5. The lowest BCUT2D eigenvalue weighted by molar-refractivity contribution is -0.118. The van der Waals surface area contributed by atoms with Crippen LogP contribution in [0.1, 0.15) is 44.6 Å². The van der Waals surface area contributed by atoms with Gasteiger partial charge in [0.25, 0.3) is 0 Å². The van der Waals surface area contributed by atoms with Gasteiger partial charge in [-0.1, -0.05) is 55.3 Å². The first-order valence-electron chi connectivity index (χ1n) is 11.8. The number of Topliss-reactive ketones (excluding diaryl/α,β-unsaturated/α-hetero) is 1. The molecule has 0 heterocycles. The largest absolute Gasteiger partial charge is 0.325 e. The first kappa shape index (κ1) is 26.8. The number of nitriles is 1. The van der Waals surface area contributed by atoms with E-state index in [1.54, 1.807) is 12.1 Å². The van der Waals surface area contributed by atoms with E-state index >= 15 is 0 Å². The molecule has 3 aromatic carbocycles. The van der Waals surface area contributed by atoms with Gasteiger partial charge < -0.3 is 10.1 Å². The van der Waals surface area contributed by atoms with Gasteiger partial charge in [-0.05, 0) is 67.3 Å². The highest BCUT2D eigenvalue weighted by molar-refractivity contribution is 7.89. The van der Waals surface area contributed by atoms with E-state index in [1.807, 2.05) is 48.5 Å². The lowest BCUT2D eigenvalue weighted by atomic mass is 10.0. The van der Waals surface area contributed by atoms with Crippen molar-refractivity contribution in [2.24, 2.45) is 0 Å². The molecule has 1 atom stereocenters. The summed E-state index contributed by atoms with van der Waals surface area (Å²) in [6.45, 7) is 1.53. The highest BCUT2D eigenvalue weighted by Gasteiger charge is 2.25. The molecule has 1 amide bonds. The summed E-state index contributed by atoms with van der Waals surface area (Å²) in [5, 5.41) is 11.8. The molecule has 0 saturated heterocycles. The Morgan fingerprint density at radius 3 is 2.11 bits per heavy atom. The Balaban J connectivity index is 1.72. The van der Waals surface area contributed by atoms with Crippen molar-refractivity contribution >= 4 is 27.4 Å². The second-order valence-corrected chi connectivity index (χ2v) is 10.3. The third-order valence-electron chi connectivity index (χ3n) is 5.69. The van der Waals surface area contributed by atoms with Crippen LogP contribution in [0.4, 0.5) is 5.69 Å². The number of hydrogen-bond donors (Lipinski definition) is 2. The Morgan fingerprint density at radius 2 is 1.50 bits per heavy atom. The molecule has 0 spiro atoms. The van der Waals surface area contributed by atoms with E-state index in [1.165, 1.54) is 31.2 Å². The minimum absolute atomic E-state index is 0.0249. The number of carbonyl (C=O) groups is 2. The zero-order chi connectivity index (χ0) is 26.0. The summed E-state index contributed by atoms with van der Waals surface area (Å²) in [4.78, 5) is 24.3. The quantitative estimate of drug-likeness (QED) is 0.336. The molecule has 2 N–H and O–H groups in total. The molecule has 3 aromatic rings. The Morgan fingerprint density at radius 1 is 0.861 bits per heavy atom. The number of nitrogens with one attached hydrogen (secondary N) is 2. The van der Waals surface area contributed by atoms with Crippen molar-refractivity contribution in [1.29, 1.82) is 5.26 Å². The summed E-state index contributed by atoms with van der Waals surface area (Å²) in [6, 6.07) is 23.6. The van der Waals surface area contributed by atoms with Gasteiger partial charge in [0.05, 0.1) is 16.5 Å². The Hall–Kier alpha value is -3.80. The van der Waals surface area contributed by atoms with Crippen LogP contribution in [-0.2, 0) is 19.6 Å². The molecule has 36 heavy (non-hydrogen) atoms. The lowest BCUT2D eigenvalue weighted by Gasteiger charge is -2.19. The number of rotatable bonds is 12. The predicted octanol–water partition coefficient (Wildman–Crippen LogP) is 5.05. The zero-order valence-corrected chi connectivity index (χ0v) is 20.9. The maximum Gasteiger partial charge on any atom is 0.242 e. The molecule has 0 fully saturated rings. The van der Waals surface area contributed by atoms with Gasteiger partial charge >= 0.3 is 0 Å². The van der Waals surface area contributed by atoms with E-state index < -0.39 is 22.0 Å². The third kappa shape index (κ3) is 7.87. The van der Waals surface area contributed by atoms with Gasteiger partial charge in [-0.3, -0.25) is 4.79 Å². The van der Waals surface area contributed by atoms with Crippen LogP contribution in [0.5, 0.6) is 0 Å². The summed E-state index contributed by atoms with van der Waals surface area (Å²) in [7, 11) is -4.00. The molecular weight excluding hydrogens is 474 g/mol. The minimum atomic E-state index is -4.00. The molecule has 186 valence electrons. The molecule has 0 aliphatic rings. The predicted molar refractivity (Wildman–Crippen MR) is 140 cm³/mol. The van der Waals surface area contributed by atoms with Gasteiger partial charge in [-0.2, -0.15) is 9.98 Å². The molecule has 7 nitrogen and oxygen atoms in total. The Kier molecular flexibility index (Phi) is 9.51. The second-order valence-electron chi connectivity index (χ2n) is 8.54. The van der Waals surface area contributed by atoms with Crippen LogP contribution in [0.2, 0.25) is 0 Å². The Bertz CT molecular complexity index is 1310. The summed E-state index contributed by atoms with van der Waals surface area (Å²) in [5.74, 6) is -0.365. The summed E-state index contributed by atoms with van der Waals surface area (Å²) < 4.78 is 28.4.